The average Bonchev–Trinajstić information content (AvgIpc) is 3.04. The van der Waals surface area contributed by atoms with Crippen molar-refractivity contribution in [3.05, 3.63) is 58.2 Å². The Balaban J connectivity index is 2.36. The molecule has 0 fully saturated rings. The third-order valence-electron chi connectivity index (χ3n) is 4.90. The molecular formula is C23H33NO. The zero-order chi connectivity index (χ0) is 18.8. The van der Waals surface area contributed by atoms with Crippen molar-refractivity contribution in [3.63, 3.8) is 0 Å². The molecule has 1 aliphatic rings. The highest BCUT2D eigenvalue weighted by Gasteiger charge is 2.26. The van der Waals surface area contributed by atoms with E-state index in [1.165, 1.54) is 22.3 Å². The van der Waals surface area contributed by atoms with E-state index < -0.39 is 0 Å². The highest BCUT2D eigenvalue weighted by Crippen LogP contribution is 2.35. The Labute approximate surface area is 153 Å². The first-order chi connectivity index (χ1) is 11.5. The molecule has 0 unspecified atom stereocenters. The number of ketones is 1. The third-order valence-corrected chi connectivity index (χ3v) is 4.90. The predicted molar refractivity (Wildman–Crippen MR) is 107 cm³/mol. The van der Waals surface area contributed by atoms with Crippen LogP contribution in [0, 0.1) is 0 Å². The van der Waals surface area contributed by atoms with Gasteiger partial charge in [-0.05, 0) is 51.5 Å². The van der Waals surface area contributed by atoms with Crippen LogP contribution in [-0.4, -0.2) is 5.78 Å². The van der Waals surface area contributed by atoms with Crippen molar-refractivity contribution in [3.8, 4) is 0 Å². The summed E-state index contributed by atoms with van der Waals surface area (Å²) in [6, 6.07) is 4.54. The first-order valence-corrected chi connectivity index (χ1v) is 9.29. The maximum absolute atomic E-state index is 12.4. The summed E-state index contributed by atoms with van der Waals surface area (Å²) in [4.78, 5) is 12.4. The number of carbonyl (C=O) groups excluding carboxylic acids is 1. The summed E-state index contributed by atoms with van der Waals surface area (Å²) in [5, 5.41) is 0. The second-order valence-corrected chi connectivity index (χ2v) is 9.12. The van der Waals surface area contributed by atoms with Gasteiger partial charge in [-0.15, -0.1) is 0 Å². The lowest BCUT2D eigenvalue weighted by molar-refractivity contribution is -0.115. The van der Waals surface area contributed by atoms with Crippen LogP contribution in [0.4, 0.5) is 0 Å². The number of aryl methyl sites for hydroxylation is 1. The summed E-state index contributed by atoms with van der Waals surface area (Å²) in [6.45, 7) is 14.0. The second kappa shape index (κ2) is 7.29. The largest absolute Gasteiger partial charge is 0.326 e. The van der Waals surface area contributed by atoms with Crippen molar-refractivity contribution in [2.24, 2.45) is 5.73 Å². The molecule has 136 valence electrons. The van der Waals surface area contributed by atoms with Crippen LogP contribution in [0.1, 0.15) is 76.6 Å². The summed E-state index contributed by atoms with van der Waals surface area (Å²) >= 11 is 0. The molecule has 0 radical (unpaired) electrons. The van der Waals surface area contributed by atoms with Crippen LogP contribution < -0.4 is 5.73 Å². The number of Topliss-reactive ketones (excluding diaryl/α,β-unsaturated/α-hetero) is 1. The van der Waals surface area contributed by atoms with E-state index >= 15 is 0 Å². The first-order valence-electron chi connectivity index (χ1n) is 9.29. The highest BCUT2D eigenvalue weighted by molar-refractivity contribution is 5.96. The van der Waals surface area contributed by atoms with Crippen molar-refractivity contribution in [1.29, 1.82) is 0 Å². The van der Waals surface area contributed by atoms with Crippen molar-refractivity contribution in [1.82, 2.24) is 0 Å². The quantitative estimate of drug-likeness (QED) is 0.808. The Morgan fingerprint density at radius 3 is 2.00 bits per heavy atom. The first kappa shape index (κ1) is 19.7. The smallest absolute Gasteiger partial charge is 0.159 e. The van der Waals surface area contributed by atoms with Crippen LogP contribution in [0.2, 0.25) is 0 Å². The van der Waals surface area contributed by atoms with Gasteiger partial charge in [-0.1, -0.05) is 71.9 Å². The molecule has 0 saturated carbocycles. The summed E-state index contributed by atoms with van der Waals surface area (Å²) in [7, 11) is 0. The molecule has 0 amide bonds. The lowest BCUT2D eigenvalue weighted by Crippen LogP contribution is -2.23. The van der Waals surface area contributed by atoms with Crippen LogP contribution in [-0.2, 0) is 28.6 Å². The van der Waals surface area contributed by atoms with Crippen LogP contribution >= 0.6 is 0 Å². The third kappa shape index (κ3) is 4.70. The molecule has 2 nitrogen and oxygen atoms in total. The van der Waals surface area contributed by atoms with Crippen molar-refractivity contribution in [2.45, 2.75) is 78.2 Å². The van der Waals surface area contributed by atoms with Gasteiger partial charge >= 0.3 is 0 Å². The van der Waals surface area contributed by atoms with Gasteiger partial charge in [0.2, 0.25) is 0 Å². The van der Waals surface area contributed by atoms with E-state index in [-0.39, 0.29) is 16.6 Å². The Morgan fingerprint density at radius 1 is 1.04 bits per heavy atom. The standard InChI is InChI=1S/C23H33NO/c1-22(2,3)19-13-16(11-12-21(25)17-9-7-8-10-17)14-20(18(19)15-24)23(4,5)6/h7-9,13-14H,10-12,15,24H2,1-6H3. The monoisotopic (exact) mass is 339 g/mol. The summed E-state index contributed by atoms with van der Waals surface area (Å²) < 4.78 is 0. The van der Waals surface area contributed by atoms with Gasteiger partial charge in [0.25, 0.3) is 0 Å². The SMILES string of the molecule is CC(C)(C)c1cc(CCC(=O)C2=CC=CC2)cc(C(C)(C)C)c1CN. The van der Waals surface area contributed by atoms with Gasteiger partial charge in [0.1, 0.15) is 0 Å². The number of allylic oxidation sites excluding steroid dienone is 4. The maximum Gasteiger partial charge on any atom is 0.159 e. The molecule has 1 aromatic rings. The summed E-state index contributed by atoms with van der Waals surface area (Å²) in [5.74, 6) is 0.266. The van der Waals surface area contributed by atoms with Crippen LogP contribution in [0.3, 0.4) is 0 Å². The Bertz CT molecular complexity index is 674. The molecule has 1 aliphatic carbocycles. The van der Waals surface area contributed by atoms with Crippen LogP contribution in [0.5, 0.6) is 0 Å². The average molecular weight is 340 g/mol. The van der Waals surface area contributed by atoms with E-state index in [1.54, 1.807) is 0 Å². The minimum Gasteiger partial charge on any atom is -0.326 e. The molecule has 2 N–H and O–H groups in total. The fourth-order valence-electron chi connectivity index (χ4n) is 3.51. The Kier molecular flexibility index (Phi) is 5.73. The molecule has 0 aliphatic heterocycles. The Hall–Kier alpha value is -1.67. The minimum absolute atomic E-state index is 0.0343. The molecular weight excluding hydrogens is 306 g/mol. The lowest BCUT2D eigenvalue weighted by Gasteiger charge is -2.31. The molecule has 25 heavy (non-hydrogen) atoms. The topological polar surface area (TPSA) is 43.1 Å². The Morgan fingerprint density at radius 2 is 1.60 bits per heavy atom. The number of rotatable bonds is 5. The molecule has 2 rings (SSSR count). The van der Waals surface area contributed by atoms with E-state index in [0.29, 0.717) is 13.0 Å². The van der Waals surface area contributed by atoms with E-state index in [2.05, 4.69) is 53.7 Å². The minimum atomic E-state index is 0.0343. The summed E-state index contributed by atoms with van der Waals surface area (Å²) in [6.07, 6.45) is 8.10. The van der Waals surface area contributed by atoms with E-state index in [4.69, 9.17) is 5.73 Å². The predicted octanol–water partition coefficient (Wildman–Crippen LogP) is 5.13. The fraction of sp³-hybridized carbons (Fsp3) is 0.522. The number of hydrogen-bond donors (Lipinski definition) is 1. The molecule has 1 aromatic carbocycles. The zero-order valence-electron chi connectivity index (χ0n) is 16.7. The molecule has 0 aromatic heterocycles. The number of carbonyl (C=O) groups is 1. The highest BCUT2D eigenvalue weighted by atomic mass is 16.1. The van der Waals surface area contributed by atoms with E-state index in [1.807, 2.05) is 18.2 Å². The number of benzene rings is 1. The lowest BCUT2D eigenvalue weighted by atomic mass is 9.75. The second-order valence-electron chi connectivity index (χ2n) is 9.12. The van der Waals surface area contributed by atoms with Crippen LogP contribution in [0.25, 0.3) is 0 Å². The van der Waals surface area contributed by atoms with Gasteiger partial charge in [-0.3, -0.25) is 4.79 Å². The summed E-state index contributed by atoms with van der Waals surface area (Å²) in [5.41, 5.74) is 12.3. The molecule has 2 heteroatoms. The molecule has 0 heterocycles. The van der Waals surface area contributed by atoms with Crippen LogP contribution in [0.15, 0.2) is 35.9 Å². The zero-order valence-corrected chi connectivity index (χ0v) is 16.7. The maximum atomic E-state index is 12.4. The number of hydrogen-bond acceptors (Lipinski definition) is 2. The molecule has 0 spiro atoms. The van der Waals surface area contributed by atoms with Gasteiger partial charge in [0, 0.05) is 13.0 Å². The van der Waals surface area contributed by atoms with Crippen molar-refractivity contribution in [2.75, 3.05) is 0 Å². The van der Waals surface area contributed by atoms with Crippen molar-refractivity contribution >= 4 is 5.78 Å². The number of nitrogens with two attached hydrogens (primary N) is 1. The molecule has 0 saturated heterocycles. The van der Waals surface area contributed by atoms with E-state index in [0.717, 1.165) is 18.4 Å². The molecule has 0 atom stereocenters. The fourth-order valence-corrected chi connectivity index (χ4v) is 3.51. The van der Waals surface area contributed by atoms with Gasteiger partial charge in [-0.25, -0.2) is 0 Å². The normalized spacial score (nSPS) is 14.8. The van der Waals surface area contributed by atoms with Gasteiger partial charge < -0.3 is 5.73 Å². The van der Waals surface area contributed by atoms with Gasteiger partial charge in [0.05, 0.1) is 0 Å². The molecule has 0 bridgehead atoms. The van der Waals surface area contributed by atoms with Gasteiger partial charge in [-0.2, -0.15) is 0 Å². The van der Waals surface area contributed by atoms with Gasteiger partial charge in [0.15, 0.2) is 5.78 Å². The van der Waals surface area contributed by atoms with Crippen molar-refractivity contribution < 1.29 is 4.79 Å². The van der Waals surface area contributed by atoms with E-state index in [9.17, 15) is 4.79 Å².